The van der Waals surface area contributed by atoms with E-state index in [0.29, 0.717) is 55.5 Å². The van der Waals surface area contributed by atoms with E-state index >= 15 is 0 Å². The number of anilines is 2. The van der Waals surface area contributed by atoms with E-state index in [1.807, 2.05) is 60.7 Å². The molecule has 6 aliphatic rings. The van der Waals surface area contributed by atoms with Crippen LogP contribution in [0.25, 0.3) is 10.4 Å². The Labute approximate surface area is 463 Å². The minimum absolute atomic E-state index is 0.0269. The number of ether oxygens (including phenoxy) is 2. The van der Waals surface area contributed by atoms with Gasteiger partial charge in [-0.2, -0.15) is 0 Å². The van der Waals surface area contributed by atoms with Gasteiger partial charge in [0.1, 0.15) is 35.9 Å². The summed E-state index contributed by atoms with van der Waals surface area (Å²) in [5, 5.41) is 12.6. The maximum absolute atomic E-state index is 14.3. The molecule has 0 unspecified atom stereocenters. The lowest BCUT2D eigenvalue weighted by Crippen LogP contribution is -2.62. The fourth-order valence-electron chi connectivity index (χ4n) is 12.7. The second kappa shape index (κ2) is 21.0. The van der Waals surface area contributed by atoms with Crippen molar-refractivity contribution in [3.05, 3.63) is 190 Å². The largest absolute Gasteiger partial charge is 0.494 e. The molecular formula is C58H57N9O11S2. The highest BCUT2D eigenvalue weighted by Crippen LogP contribution is 2.61. The standard InChI is InChI=1S/C29H28N6O5S.C29H29N3O6S/c1-33-19-26(36)34-25(27(33)37)18-29(20-12-14-21(15-13-20)40-17-7-16-31-32-30)23-10-5-6-11-24(23)35(28(29)34)41(38,39)22-8-3-2-4-9-22;1-30-19-26(34)31-25(27(30)35)18-29(20-12-14-21(15-13-20)38-17-7-16-33)23-10-5-6-11-24(23)32(28(29)31)39(36,37)22-8-3-2-4-9-22/h2-6,8-15,25,28H,7,16-19H2,1H3;2-6,8-15,25,28,33H,7,16-19H2,1H3/t2*25-,28-,29-/m00/s1. The molecule has 0 aromatic heterocycles. The van der Waals surface area contributed by atoms with Gasteiger partial charge in [-0.25, -0.2) is 25.4 Å². The molecule has 4 saturated heterocycles. The van der Waals surface area contributed by atoms with Crippen LogP contribution >= 0.6 is 0 Å². The lowest BCUT2D eigenvalue weighted by molar-refractivity contribution is -0.153. The fraction of sp³-hybridized carbons (Fsp3) is 0.310. The normalized spacial score (nSPS) is 23.5. The molecule has 20 nitrogen and oxygen atoms in total. The van der Waals surface area contributed by atoms with Gasteiger partial charge in [0.25, 0.3) is 20.0 Å². The number of carbonyl (C=O) groups is 4. The fourth-order valence-corrected chi connectivity index (χ4v) is 16.1. The van der Waals surface area contributed by atoms with Crippen LogP contribution in [0.3, 0.4) is 0 Å². The first-order valence-electron chi connectivity index (χ1n) is 26.2. The van der Waals surface area contributed by atoms with Gasteiger partial charge in [-0.05, 0) is 108 Å². The van der Waals surface area contributed by atoms with Crippen molar-refractivity contribution in [1.82, 2.24) is 19.6 Å². The molecule has 4 fully saturated rings. The van der Waals surface area contributed by atoms with Crippen molar-refractivity contribution in [3.8, 4) is 11.5 Å². The smallest absolute Gasteiger partial charge is 0.266 e. The molecule has 6 aromatic carbocycles. The van der Waals surface area contributed by atoms with E-state index in [1.165, 1.54) is 40.3 Å². The summed E-state index contributed by atoms with van der Waals surface area (Å²) < 4.78 is 71.5. The molecular weight excluding hydrogens is 1060 g/mol. The van der Waals surface area contributed by atoms with Crippen molar-refractivity contribution in [2.45, 2.75) is 70.7 Å². The van der Waals surface area contributed by atoms with Crippen LogP contribution in [0.1, 0.15) is 47.9 Å². The second-order valence-electron chi connectivity index (χ2n) is 20.5. The van der Waals surface area contributed by atoms with Crippen molar-refractivity contribution in [1.29, 1.82) is 0 Å². The van der Waals surface area contributed by atoms with Gasteiger partial charge in [-0.1, -0.05) is 102 Å². The van der Waals surface area contributed by atoms with E-state index < -0.39 is 55.3 Å². The Morgan fingerprint density at radius 3 is 1.35 bits per heavy atom. The summed E-state index contributed by atoms with van der Waals surface area (Å²) in [4.78, 5) is 62.8. The number of rotatable bonds is 15. The molecule has 6 aliphatic heterocycles. The predicted molar refractivity (Wildman–Crippen MR) is 294 cm³/mol. The Hall–Kier alpha value is -8.43. The van der Waals surface area contributed by atoms with E-state index in [9.17, 15) is 36.0 Å². The molecule has 80 heavy (non-hydrogen) atoms. The highest BCUT2D eigenvalue weighted by Gasteiger charge is 2.69. The monoisotopic (exact) mass is 1120 g/mol. The highest BCUT2D eigenvalue weighted by atomic mass is 32.2. The number of hydrogen-bond donors (Lipinski definition) is 1. The van der Waals surface area contributed by atoms with E-state index in [1.54, 1.807) is 99.0 Å². The summed E-state index contributed by atoms with van der Waals surface area (Å²) in [6.07, 6.45) is -0.396. The Kier molecular flexibility index (Phi) is 14.1. The molecule has 6 aromatic rings. The van der Waals surface area contributed by atoms with Gasteiger partial charge in [0.2, 0.25) is 23.6 Å². The van der Waals surface area contributed by atoms with E-state index in [2.05, 4.69) is 10.0 Å². The van der Waals surface area contributed by atoms with Gasteiger partial charge < -0.3 is 34.2 Å². The van der Waals surface area contributed by atoms with Gasteiger partial charge in [0, 0.05) is 38.6 Å². The zero-order valence-electron chi connectivity index (χ0n) is 43.8. The maximum Gasteiger partial charge on any atom is 0.266 e. The number of likely N-dealkylation sites (N-methyl/N-ethyl adjacent to an activating group) is 2. The van der Waals surface area contributed by atoms with Crippen LogP contribution in [0.2, 0.25) is 0 Å². The Morgan fingerprint density at radius 2 is 0.950 bits per heavy atom. The van der Waals surface area contributed by atoms with Crippen LogP contribution in [0.15, 0.2) is 173 Å². The zero-order valence-corrected chi connectivity index (χ0v) is 45.4. The molecule has 0 radical (unpaired) electrons. The number of amides is 4. The van der Waals surface area contributed by atoms with Crippen LogP contribution in [0.4, 0.5) is 11.4 Å². The molecule has 4 amide bonds. The van der Waals surface area contributed by atoms with E-state index in [-0.39, 0.29) is 66.0 Å². The van der Waals surface area contributed by atoms with Crippen LogP contribution < -0.4 is 18.1 Å². The minimum Gasteiger partial charge on any atom is -0.494 e. The summed E-state index contributed by atoms with van der Waals surface area (Å²) in [6, 6.07) is 44.0. The Morgan fingerprint density at radius 1 is 0.562 bits per heavy atom. The summed E-state index contributed by atoms with van der Waals surface area (Å²) in [7, 11) is -5.05. The number of fused-ring (bicyclic) bond motifs is 10. The lowest BCUT2D eigenvalue weighted by atomic mass is 9.72. The number of carbonyl (C=O) groups excluding carboxylic acids is 4. The Balaban J connectivity index is 0.000000169. The molecule has 412 valence electrons. The van der Waals surface area contributed by atoms with Crippen LogP contribution in [-0.4, -0.2) is 143 Å². The molecule has 6 atom stereocenters. The quantitative estimate of drug-likeness (QED) is 0.0541. The highest BCUT2D eigenvalue weighted by molar-refractivity contribution is 7.93. The van der Waals surface area contributed by atoms with Crippen LogP contribution in [0, 0.1) is 0 Å². The van der Waals surface area contributed by atoms with Gasteiger partial charge >= 0.3 is 0 Å². The Bertz CT molecular complexity index is 3670. The van der Waals surface area contributed by atoms with Crippen LogP contribution in [0.5, 0.6) is 11.5 Å². The third kappa shape index (κ3) is 8.55. The predicted octanol–water partition coefficient (Wildman–Crippen LogP) is 6.00. The van der Waals surface area contributed by atoms with Crippen molar-refractivity contribution in [2.24, 2.45) is 5.11 Å². The van der Waals surface area contributed by atoms with E-state index in [0.717, 1.165) is 22.3 Å². The van der Waals surface area contributed by atoms with Gasteiger partial charge in [-0.3, -0.25) is 19.2 Å². The summed E-state index contributed by atoms with van der Waals surface area (Å²) in [5.74, 6) is 0.201. The molecule has 6 heterocycles. The molecule has 22 heteroatoms. The SMILES string of the molecule is CN1CC(=O)N2[C@@H](C[C@]3(c4ccc(OCCCN=[N+]=[N-])cc4)c4ccccc4N(S(=O)(=O)c4ccccc4)[C@H]23)C1=O.CN1CC(=O)N2[C@@H](C[C@]3(c4ccc(OCCCO)cc4)c4ccccc4N(S(=O)(=O)c4ccccc4)[C@H]23)C1=O. The average molecular weight is 1120 g/mol. The number of para-hydroxylation sites is 2. The van der Waals surface area contributed by atoms with Crippen molar-refractivity contribution in [3.63, 3.8) is 0 Å². The van der Waals surface area contributed by atoms with Crippen molar-refractivity contribution < 1.29 is 50.6 Å². The molecule has 12 rings (SSSR count). The first-order valence-corrected chi connectivity index (χ1v) is 29.1. The number of azide groups is 1. The number of sulfonamides is 2. The maximum atomic E-state index is 14.3. The molecule has 0 spiro atoms. The van der Waals surface area contributed by atoms with Crippen LogP contribution in [-0.2, 0) is 50.1 Å². The minimum atomic E-state index is -4.13. The average Bonchev–Trinajstić information content (AvgIpc) is 3.51. The number of piperazine rings is 2. The number of aliphatic hydroxyl groups excluding tert-OH is 1. The topological polar surface area (TPSA) is 243 Å². The first-order chi connectivity index (χ1) is 38.6. The summed E-state index contributed by atoms with van der Waals surface area (Å²) in [6.45, 7) is 0.841. The summed E-state index contributed by atoms with van der Waals surface area (Å²) >= 11 is 0. The first kappa shape index (κ1) is 53.6. The number of nitrogens with zero attached hydrogens (tertiary/aromatic N) is 9. The number of benzene rings is 6. The molecule has 1 N–H and O–H groups in total. The second-order valence-corrected chi connectivity index (χ2v) is 24.1. The van der Waals surface area contributed by atoms with Gasteiger partial charge in [0.15, 0.2) is 0 Å². The number of aliphatic hydroxyl groups is 1. The zero-order chi connectivity index (χ0) is 56.1. The third-order valence-corrected chi connectivity index (χ3v) is 19.7. The lowest BCUT2D eigenvalue weighted by Gasteiger charge is -2.41. The molecule has 0 bridgehead atoms. The van der Waals surface area contributed by atoms with Crippen molar-refractivity contribution in [2.75, 3.05) is 62.2 Å². The van der Waals surface area contributed by atoms with E-state index in [4.69, 9.17) is 20.1 Å². The third-order valence-electron chi connectivity index (χ3n) is 16.1. The van der Waals surface area contributed by atoms with Gasteiger partial charge in [-0.15, -0.1) is 0 Å². The van der Waals surface area contributed by atoms with Crippen molar-refractivity contribution >= 4 is 55.1 Å². The van der Waals surface area contributed by atoms with Gasteiger partial charge in [0.05, 0.1) is 58.3 Å². The number of hydrogen-bond acceptors (Lipinski definition) is 12. The molecule has 0 aliphatic carbocycles. The summed E-state index contributed by atoms with van der Waals surface area (Å²) in [5.41, 5.74) is 10.5. The molecule has 0 saturated carbocycles.